The minimum absolute atomic E-state index is 0.191. The van der Waals surface area contributed by atoms with Crippen LogP contribution in [0, 0.1) is 24.0 Å². The van der Waals surface area contributed by atoms with Crippen molar-refractivity contribution in [2.45, 2.75) is 12.8 Å². The van der Waals surface area contributed by atoms with Gasteiger partial charge >= 0.3 is 0 Å². The van der Waals surface area contributed by atoms with Crippen molar-refractivity contribution in [1.29, 1.82) is 0 Å². The summed E-state index contributed by atoms with van der Waals surface area (Å²) < 4.78 is 28.1. The lowest BCUT2D eigenvalue weighted by atomic mass is 10.3. The molecule has 0 saturated carbocycles. The molecule has 1 heterocycles. The molecule has 2 aromatic rings. The summed E-state index contributed by atoms with van der Waals surface area (Å²) in [7, 11) is 1.72. The molecule has 1 aromatic carbocycles. The van der Waals surface area contributed by atoms with Crippen LogP contribution in [0.15, 0.2) is 12.1 Å². The van der Waals surface area contributed by atoms with Crippen molar-refractivity contribution < 1.29 is 8.78 Å². The van der Waals surface area contributed by atoms with Gasteiger partial charge in [-0.1, -0.05) is 0 Å². The van der Waals surface area contributed by atoms with Gasteiger partial charge in [0.25, 0.3) is 0 Å². The zero-order valence-electron chi connectivity index (χ0n) is 8.80. The first-order chi connectivity index (χ1) is 7.63. The zero-order chi connectivity index (χ0) is 11.7. The fraction of sp³-hybridized carbons (Fsp3) is 0.250. The Morgan fingerprint density at radius 2 is 2.19 bits per heavy atom. The number of benzene rings is 1. The van der Waals surface area contributed by atoms with Gasteiger partial charge in [-0.3, -0.25) is 0 Å². The highest BCUT2D eigenvalue weighted by Gasteiger charge is 2.12. The van der Waals surface area contributed by atoms with Gasteiger partial charge in [-0.2, -0.15) is 0 Å². The van der Waals surface area contributed by atoms with Crippen LogP contribution in [0.2, 0.25) is 0 Å². The second kappa shape index (κ2) is 3.93. The van der Waals surface area contributed by atoms with Crippen molar-refractivity contribution in [3.8, 4) is 12.3 Å². The van der Waals surface area contributed by atoms with Gasteiger partial charge < -0.3 is 4.57 Å². The Bertz CT molecular complexity index is 579. The van der Waals surface area contributed by atoms with E-state index in [-0.39, 0.29) is 5.52 Å². The molecule has 2 nitrogen and oxygen atoms in total. The standard InChI is InChI=1S/C12H10F2N2/c1-3-4-5-11-15-12-9(14)6-8(13)7-10(12)16(11)2/h1,6-7H,4-5H2,2H3. The Morgan fingerprint density at radius 3 is 2.88 bits per heavy atom. The van der Waals surface area contributed by atoms with Crippen molar-refractivity contribution in [2.75, 3.05) is 0 Å². The van der Waals surface area contributed by atoms with E-state index in [1.54, 1.807) is 11.6 Å². The molecule has 0 aliphatic heterocycles. The maximum absolute atomic E-state index is 13.4. The second-order valence-electron chi connectivity index (χ2n) is 3.55. The van der Waals surface area contributed by atoms with Crippen LogP contribution in [0.1, 0.15) is 12.2 Å². The van der Waals surface area contributed by atoms with Crippen LogP contribution in [0.5, 0.6) is 0 Å². The molecule has 0 atom stereocenters. The smallest absolute Gasteiger partial charge is 0.153 e. The van der Waals surface area contributed by atoms with Crippen LogP contribution < -0.4 is 0 Å². The molecule has 0 radical (unpaired) electrons. The van der Waals surface area contributed by atoms with Gasteiger partial charge in [0.05, 0.1) is 5.52 Å². The summed E-state index contributed by atoms with van der Waals surface area (Å²) in [6.07, 6.45) is 6.24. The van der Waals surface area contributed by atoms with E-state index < -0.39 is 11.6 Å². The quantitative estimate of drug-likeness (QED) is 0.711. The fourth-order valence-corrected chi connectivity index (χ4v) is 1.67. The first-order valence-electron chi connectivity index (χ1n) is 4.87. The molecule has 16 heavy (non-hydrogen) atoms. The summed E-state index contributed by atoms with van der Waals surface area (Å²) in [4.78, 5) is 4.12. The molecular formula is C12H10F2N2. The third kappa shape index (κ3) is 1.65. The van der Waals surface area contributed by atoms with Crippen molar-refractivity contribution in [2.24, 2.45) is 7.05 Å². The van der Waals surface area contributed by atoms with E-state index in [0.717, 1.165) is 6.07 Å². The normalized spacial score (nSPS) is 10.6. The van der Waals surface area contributed by atoms with Crippen molar-refractivity contribution in [3.05, 3.63) is 29.6 Å². The highest BCUT2D eigenvalue weighted by molar-refractivity contribution is 5.76. The minimum atomic E-state index is -0.641. The number of nitrogens with zero attached hydrogens (tertiary/aromatic N) is 2. The molecule has 0 N–H and O–H groups in total. The maximum Gasteiger partial charge on any atom is 0.153 e. The van der Waals surface area contributed by atoms with Crippen LogP contribution in [-0.4, -0.2) is 9.55 Å². The highest BCUT2D eigenvalue weighted by Crippen LogP contribution is 2.20. The topological polar surface area (TPSA) is 17.8 Å². The lowest BCUT2D eigenvalue weighted by molar-refractivity contribution is 0.590. The maximum atomic E-state index is 13.4. The number of hydrogen-bond donors (Lipinski definition) is 0. The minimum Gasteiger partial charge on any atom is -0.331 e. The van der Waals surface area contributed by atoms with E-state index in [9.17, 15) is 8.78 Å². The summed E-state index contributed by atoms with van der Waals surface area (Å²) in [5.41, 5.74) is 0.639. The van der Waals surface area contributed by atoms with Gasteiger partial charge in [-0.05, 0) is 6.07 Å². The van der Waals surface area contributed by atoms with E-state index in [4.69, 9.17) is 6.42 Å². The second-order valence-corrected chi connectivity index (χ2v) is 3.55. The van der Waals surface area contributed by atoms with Crippen LogP contribution in [-0.2, 0) is 13.5 Å². The molecule has 1 aromatic heterocycles. The summed E-state index contributed by atoms with van der Waals surface area (Å²) in [5, 5.41) is 0. The Kier molecular flexibility index (Phi) is 2.61. The largest absolute Gasteiger partial charge is 0.331 e. The Morgan fingerprint density at radius 1 is 1.44 bits per heavy atom. The molecule has 0 aliphatic rings. The van der Waals surface area contributed by atoms with E-state index in [1.165, 1.54) is 6.07 Å². The number of fused-ring (bicyclic) bond motifs is 1. The Balaban J connectivity index is 2.59. The fourth-order valence-electron chi connectivity index (χ4n) is 1.67. The average Bonchev–Trinajstić information content (AvgIpc) is 2.54. The van der Waals surface area contributed by atoms with E-state index in [0.29, 0.717) is 24.2 Å². The van der Waals surface area contributed by atoms with E-state index in [2.05, 4.69) is 10.9 Å². The van der Waals surface area contributed by atoms with Gasteiger partial charge in [0.2, 0.25) is 0 Å². The van der Waals surface area contributed by atoms with Gasteiger partial charge in [0, 0.05) is 26.0 Å². The van der Waals surface area contributed by atoms with Gasteiger partial charge in [-0.25, -0.2) is 13.8 Å². The number of terminal acetylenes is 1. The number of imidazole rings is 1. The lowest BCUT2D eigenvalue weighted by Gasteiger charge is -1.99. The SMILES string of the molecule is C#CCCc1nc2c(F)cc(F)cc2n1C. The highest BCUT2D eigenvalue weighted by atomic mass is 19.1. The number of aryl methyl sites for hydroxylation is 2. The first kappa shape index (κ1) is 10.6. The predicted octanol–water partition coefficient (Wildman–Crippen LogP) is 2.42. The summed E-state index contributed by atoms with van der Waals surface area (Å²) in [5.74, 6) is 1.92. The molecule has 0 saturated heterocycles. The molecule has 0 amide bonds. The number of halogens is 2. The number of aromatic nitrogens is 2. The van der Waals surface area contributed by atoms with Crippen molar-refractivity contribution >= 4 is 11.0 Å². The van der Waals surface area contributed by atoms with Gasteiger partial charge in [0.15, 0.2) is 5.82 Å². The van der Waals surface area contributed by atoms with Crippen LogP contribution in [0.25, 0.3) is 11.0 Å². The molecule has 2 rings (SSSR count). The molecule has 0 unspecified atom stereocenters. The molecule has 4 heteroatoms. The first-order valence-corrected chi connectivity index (χ1v) is 4.87. The molecular weight excluding hydrogens is 210 g/mol. The molecule has 0 fully saturated rings. The van der Waals surface area contributed by atoms with Crippen LogP contribution in [0.4, 0.5) is 8.78 Å². The van der Waals surface area contributed by atoms with Crippen molar-refractivity contribution in [3.63, 3.8) is 0 Å². The number of hydrogen-bond acceptors (Lipinski definition) is 1. The van der Waals surface area contributed by atoms with E-state index >= 15 is 0 Å². The monoisotopic (exact) mass is 220 g/mol. The molecule has 0 bridgehead atoms. The summed E-state index contributed by atoms with van der Waals surface area (Å²) >= 11 is 0. The van der Waals surface area contributed by atoms with E-state index in [1.807, 2.05) is 0 Å². The third-order valence-corrected chi connectivity index (χ3v) is 2.49. The third-order valence-electron chi connectivity index (χ3n) is 2.49. The molecule has 82 valence electrons. The average molecular weight is 220 g/mol. The van der Waals surface area contributed by atoms with Crippen molar-refractivity contribution in [1.82, 2.24) is 9.55 Å². The summed E-state index contributed by atoms with van der Waals surface area (Å²) in [6, 6.07) is 2.10. The molecule has 0 aliphatic carbocycles. The van der Waals surface area contributed by atoms with Crippen LogP contribution in [0.3, 0.4) is 0 Å². The van der Waals surface area contributed by atoms with Gasteiger partial charge in [-0.15, -0.1) is 12.3 Å². The number of rotatable bonds is 2. The lowest BCUT2D eigenvalue weighted by Crippen LogP contribution is -1.97. The zero-order valence-corrected chi connectivity index (χ0v) is 8.80. The Hall–Kier alpha value is -1.89. The summed E-state index contributed by atoms with van der Waals surface area (Å²) in [6.45, 7) is 0. The Labute approximate surface area is 91.9 Å². The molecule has 0 spiro atoms. The van der Waals surface area contributed by atoms with Gasteiger partial charge in [0.1, 0.15) is 17.2 Å². The predicted molar refractivity (Wildman–Crippen MR) is 57.8 cm³/mol. The van der Waals surface area contributed by atoms with Crippen LogP contribution >= 0.6 is 0 Å².